The second kappa shape index (κ2) is 10.8. The lowest BCUT2D eigenvalue weighted by Crippen LogP contribution is -2.38. The third kappa shape index (κ3) is 7.84. The molecule has 29 heavy (non-hydrogen) atoms. The van der Waals surface area contributed by atoms with Gasteiger partial charge in [-0.15, -0.1) is 0 Å². The van der Waals surface area contributed by atoms with Crippen LogP contribution in [-0.4, -0.2) is 77.5 Å². The van der Waals surface area contributed by atoms with Crippen LogP contribution in [0.15, 0.2) is 11.1 Å². The summed E-state index contributed by atoms with van der Waals surface area (Å²) in [6.07, 6.45) is 0.466. The molecule has 2 aromatic rings. The van der Waals surface area contributed by atoms with Crippen LogP contribution in [0, 0.1) is 0 Å². The Bertz CT molecular complexity index is 871. The highest BCUT2D eigenvalue weighted by Crippen LogP contribution is 2.36. The molecular weight excluding hydrogens is 403 g/mol. The number of nitrogens with zero attached hydrogens (tertiary/aromatic N) is 4. The van der Waals surface area contributed by atoms with E-state index in [0.29, 0.717) is 0 Å². The van der Waals surface area contributed by atoms with Crippen molar-refractivity contribution in [2.75, 3.05) is 38.3 Å². The number of H-pyrrole nitrogens is 1. The van der Waals surface area contributed by atoms with Gasteiger partial charge in [0.05, 0.1) is 19.5 Å². The highest BCUT2D eigenvalue weighted by atomic mass is 31.2. The van der Waals surface area contributed by atoms with E-state index in [2.05, 4.69) is 40.6 Å². The van der Waals surface area contributed by atoms with Gasteiger partial charge in [0.25, 0.3) is 5.56 Å². The van der Waals surface area contributed by atoms with E-state index in [1.807, 2.05) is 0 Å². The molecule has 0 aliphatic carbocycles. The van der Waals surface area contributed by atoms with Crippen LogP contribution in [0.1, 0.15) is 27.7 Å². The normalized spacial score (nSPS) is 13.9. The molecule has 0 aliphatic heterocycles. The first-order valence-corrected chi connectivity index (χ1v) is 11.0. The quantitative estimate of drug-likeness (QED) is 0.336. The van der Waals surface area contributed by atoms with Gasteiger partial charge in [0.2, 0.25) is 5.95 Å². The van der Waals surface area contributed by atoms with E-state index in [1.54, 1.807) is 0 Å². The molecule has 0 radical (unpaired) electrons. The lowest BCUT2D eigenvalue weighted by molar-refractivity contribution is -0.0622. The Morgan fingerprint density at radius 1 is 1.31 bits per heavy atom. The number of rotatable bonds is 9. The van der Waals surface area contributed by atoms with E-state index in [4.69, 9.17) is 20.3 Å². The van der Waals surface area contributed by atoms with Crippen molar-refractivity contribution < 1.29 is 24.2 Å². The van der Waals surface area contributed by atoms with Crippen molar-refractivity contribution in [2.24, 2.45) is 0 Å². The minimum atomic E-state index is -4.38. The van der Waals surface area contributed by atoms with Crippen LogP contribution in [0.5, 0.6) is 0 Å². The molecule has 0 saturated carbocycles. The van der Waals surface area contributed by atoms with Crippen molar-refractivity contribution in [1.29, 1.82) is 0 Å². The topological polar surface area (TPSA) is 180 Å². The zero-order valence-electron chi connectivity index (χ0n) is 17.2. The summed E-state index contributed by atoms with van der Waals surface area (Å²) in [5.41, 5.74) is 3.91. The lowest BCUT2D eigenvalue weighted by atomic mass is 10.1. The number of aromatic nitrogens is 4. The Morgan fingerprint density at radius 3 is 2.34 bits per heavy atom. The monoisotopic (exact) mass is 434 g/mol. The van der Waals surface area contributed by atoms with Crippen molar-refractivity contribution in [2.45, 2.75) is 39.8 Å². The van der Waals surface area contributed by atoms with Gasteiger partial charge in [-0.3, -0.25) is 14.3 Å². The fourth-order valence-electron chi connectivity index (χ4n) is 2.50. The molecule has 13 heteroatoms. The van der Waals surface area contributed by atoms with Crippen molar-refractivity contribution in [1.82, 2.24) is 24.4 Å². The third-order valence-electron chi connectivity index (χ3n) is 4.26. The Balaban J connectivity index is 0.000000516. The number of nitrogens with two attached hydrogens (primary N) is 1. The second-order valence-corrected chi connectivity index (χ2v) is 8.25. The number of hydrogen-bond donors (Lipinski definition) is 5. The number of nitrogens with one attached hydrogen (secondary N) is 1. The Labute approximate surface area is 168 Å². The summed E-state index contributed by atoms with van der Waals surface area (Å²) in [4.78, 5) is 41.9. The summed E-state index contributed by atoms with van der Waals surface area (Å²) in [7, 11) is -4.38. The van der Waals surface area contributed by atoms with E-state index in [9.17, 15) is 14.5 Å². The van der Waals surface area contributed by atoms with E-state index >= 15 is 0 Å². The van der Waals surface area contributed by atoms with Crippen molar-refractivity contribution in [3.8, 4) is 0 Å². The number of hydrogen-bond acceptors (Lipinski definition) is 8. The smallest absolute Gasteiger partial charge is 0.351 e. The summed E-state index contributed by atoms with van der Waals surface area (Å²) in [6.45, 7) is 11.0. The Morgan fingerprint density at radius 2 is 1.90 bits per heavy atom. The SMILES string of the molecule is CCN(CC)CC.C[C@](CO)(Cn1cnc2c(=O)[nH]c(N)nc21)OCP(=O)(O)O. The molecule has 12 nitrogen and oxygen atoms in total. The molecule has 2 heterocycles. The fourth-order valence-corrected chi connectivity index (χ4v) is 2.98. The molecule has 0 bridgehead atoms. The number of aromatic amines is 1. The number of imidazole rings is 1. The van der Waals surface area contributed by atoms with Crippen molar-refractivity contribution >= 4 is 24.7 Å². The predicted octanol–water partition coefficient (Wildman–Crippen LogP) is -0.0473. The Kier molecular flexibility index (Phi) is 9.40. The lowest BCUT2D eigenvalue weighted by Gasteiger charge is -2.28. The first-order valence-electron chi connectivity index (χ1n) is 9.20. The number of ether oxygens (including phenoxy) is 1. The van der Waals surface area contributed by atoms with Gasteiger partial charge in [0.15, 0.2) is 11.2 Å². The number of nitrogen functional groups attached to an aromatic ring is 1. The average molecular weight is 434 g/mol. The van der Waals surface area contributed by atoms with Crippen LogP contribution in [0.2, 0.25) is 0 Å². The summed E-state index contributed by atoms with van der Waals surface area (Å²) in [5, 5.41) is 9.44. The molecule has 1 atom stereocenters. The van der Waals surface area contributed by atoms with Crippen LogP contribution in [0.3, 0.4) is 0 Å². The first kappa shape index (κ1) is 25.2. The maximum absolute atomic E-state index is 11.7. The van der Waals surface area contributed by atoms with Crippen molar-refractivity contribution in [3.63, 3.8) is 0 Å². The molecule has 166 valence electrons. The van der Waals surface area contributed by atoms with E-state index in [1.165, 1.54) is 37.5 Å². The summed E-state index contributed by atoms with van der Waals surface area (Å²) in [5.74, 6) is -0.0962. The summed E-state index contributed by atoms with van der Waals surface area (Å²) < 4.78 is 17.4. The highest BCUT2D eigenvalue weighted by Gasteiger charge is 2.29. The van der Waals surface area contributed by atoms with Gasteiger partial charge in [-0.05, 0) is 26.6 Å². The summed E-state index contributed by atoms with van der Waals surface area (Å²) in [6, 6.07) is 0. The molecule has 0 saturated heterocycles. The molecule has 0 amide bonds. The molecule has 0 aliphatic rings. The maximum Gasteiger partial charge on any atom is 0.351 e. The van der Waals surface area contributed by atoms with Gasteiger partial charge in [-0.2, -0.15) is 4.98 Å². The molecule has 6 N–H and O–H groups in total. The Hall–Kier alpha value is -1.82. The molecular formula is C16H31N6O6P. The standard InChI is InChI=1S/C10H16N5O6P.C6H15N/c1-10(3-16,21-5-22(18,19)20)2-15-4-12-6-7(15)13-9(11)14-8(6)17;1-4-7(5-2)6-3/h4,16H,2-3,5H2,1H3,(H2,18,19,20)(H3,11,13,14,17);4-6H2,1-3H3/t10-;/m1./s1. The van der Waals surface area contributed by atoms with Crippen molar-refractivity contribution in [3.05, 3.63) is 16.7 Å². The van der Waals surface area contributed by atoms with Gasteiger partial charge < -0.3 is 34.8 Å². The van der Waals surface area contributed by atoms with Crippen LogP contribution < -0.4 is 11.3 Å². The third-order valence-corrected chi connectivity index (χ3v) is 4.72. The first-order chi connectivity index (χ1) is 13.5. The summed E-state index contributed by atoms with van der Waals surface area (Å²) >= 11 is 0. The van der Waals surface area contributed by atoms with Crippen LogP contribution in [0.4, 0.5) is 5.95 Å². The van der Waals surface area contributed by atoms with Crippen LogP contribution >= 0.6 is 7.60 Å². The predicted molar refractivity (Wildman–Crippen MR) is 110 cm³/mol. The molecule has 0 aromatic carbocycles. The average Bonchev–Trinajstić information content (AvgIpc) is 3.04. The van der Waals surface area contributed by atoms with Gasteiger partial charge in [-0.1, -0.05) is 20.8 Å². The fraction of sp³-hybridized carbons (Fsp3) is 0.688. The molecule has 0 fully saturated rings. The number of aliphatic hydroxyl groups excluding tert-OH is 1. The maximum atomic E-state index is 11.7. The minimum Gasteiger partial charge on any atom is -0.393 e. The number of aliphatic hydroxyl groups is 1. The minimum absolute atomic E-state index is 0.0319. The zero-order chi connectivity index (χ0) is 22.2. The zero-order valence-corrected chi connectivity index (χ0v) is 18.1. The van der Waals surface area contributed by atoms with Crippen LogP contribution in [0.25, 0.3) is 11.2 Å². The largest absolute Gasteiger partial charge is 0.393 e. The second-order valence-electron chi connectivity index (χ2n) is 6.66. The number of fused-ring (bicyclic) bond motifs is 1. The van der Waals surface area contributed by atoms with Crippen LogP contribution in [-0.2, 0) is 15.8 Å². The van der Waals surface area contributed by atoms with Gasteiger partial charge in [-0.25, -0.2) is 4.98 Å². The highest BCUT2D eigenvalue weighted by molar-refractivity contribution is 7.51. The van der Waals surface area contributed by atoms with Gasteiger partial charge in [0.1, 0.15) is 11.9 Å². The van der Waals surface area contributed by atoms with E-state index in [0.717, 1.165) is 0 Å². The van der Waals surface area contributed by atoms with Gasteiger partial charge in [0, 0.05) is 0 Å². The van der Waals surface area contributed by atoms with E-state index < -0.39 is 31.7 Å². The number of anilines is 1. The molecule has 2 aromatic heterocycles. The van der Waals surface area contributed by atoms with Gasteiger partial charge >= 0.3 is 7.60 Å². The van der Waals surface area contributed by atoms with E-state index in [-0.39, 0.29) is 23.7 Å². The molecule has 0 unspecified atom stereocenters. The molecule has 2 rings (SSSR count). The molecule has 0 spiro atoms.